The first-order chi connectivity index (χ1) is 14.0. The van der Waals surface area contributed by atoms with Gasteiger partial charge in [-0.05, 0) is 71.4 Å². The van der Waals surface area contributed by atoms with Gasteiger partial charge in [-0.2, -0.15) is 11.8 Å². The normalized spacial score (nSPS) is 22.6. The van der Waals surface area contributed by atoms with E-state index in [0.29, 0.717) is 12.5 Å². The number of carbonyl (C=O) groups is 1. The minimum Gasteiger partial charge on any atom is -0.461 e. The molecule has 0 saturated heterocycles. The number of esters is 1. The molecule has 0 N–H and O–H groups in total. The maximum absolute atomic E-state index is 12.7. The molecule has 0 unspecified atom stereocenters. The molecule has 154 valence electrons. The SMILES string of the molecule is CC1(C)[C@H](CSCC2CCC2)[C@H]1C(=O)OCc1cccc(Oc2ccccc2)c1. The van der Waals surface area contributed by atoms with Crippen LogP contribution in [0.1, 0.15) is 38.7 Å². The summed E-state index contributed by atoms with van der Waals surface area (Å²) in [5.41, 5.74) is 1.00. The summed E-state index contributed by atoms with van der Waals surface area (Å²) in [7, 11) is 0. The van der Waals surface area contributed by atoms with E-state index < -0.39 is 0 Å². The van der Waals surface area contributed by atoms with Gasteiger partial charge < -0.3 is 9.47 Å². The van der Waals surface area contributed by atoms with Crippen LogP contribution in [0.3, 0.4) is 0 Å². The molecule has 2 atom stereocenters. The zero-order valence-electron chi connectivity index (χ0n) is 17.3. The highest BCUT2D eigenvalue weighted by molar-refractivity contribution is 7.99. The van der Waals surface area contributed by atoms with Crippen LogP contribution < -0.4 is 4.74 Å². The maximum atomic E-state index is 12.7. The average molecular weight is 411 g/mol. The first kappa shape index (κ1) is 20.3. The quantitative estimate of drug-likeness (QED) is 0.453. The second-order valence-electron chi connectivity index (χ2n) is 8.91. The molecule has 0 aromatic heterocycles. The van der Waals surface area contributed by atoms with Crippen LogP contribution in [-0.2, 0) is 16.1 Å². The van der Waals surface area contributed by atoms with Crippen molar-refractivity contribution in [2.45, 2.75) is 39.7 Å². The highest BCUT2D eigenvalue weighted by Gasteiger charge is 2.62. The fourth-order valence-corrected chi connectivity index (χ4v) is 5.79. The Bertz CT molecular complexity index is 829. The molecule has 2 saturated carbocycles. The molecule has 4 heteroatoms. The summed E-state index contributed by atoms with van der Waals surface area (Å²) >= 11 is 2.02. The first-order valence-corrected chi connectivity index (χ1v) is 11.8. The molecule has 29 heavy (non-hydrogen) atoms. The van der Waals surface area contributed by atoms with Crippen LogP contribution in [0.25, 0.3) is 0 Å². The molecule has 0 radical (unpaired) electrons. The predicted octanol–water partition coefficient (Wildman–Crippen LogP) is 6.33. The van der Waals surface area contributed by atoms with Crippen LogP contribution in [0.15, 0.2) is 54.6 Å². The van der Waals surface area contributed by atoms with Crippen molar-refractivity contribution >= 4 is 17.7 Å². The van der Waals surface area contributed by atoms with Gasteiger partial charge in [-0.25, -0.2) is 0 Å². The molecule has 4 rings (SSSR count). The van der Waals surface area contributed by atoms with Gasteiger partial charge in [0.15, 0.2) is 0 Å². The second-order valence-corrected chi connectivity index (χ2v) is 9.99. The number of carbonyl (C=O) groups excluding carboxylic acids is 1. The lowest BCUT2D eigenvalue weighted by Crippen LogP contribution is -2.14. The number of hydrogen-bond donors (Lipinski definition) is 0. The lowest BCUT2D eigenvalue weighted by Gasteiger charge is -2.24. The molecule has 0 heterocycles. The van der Waals surface area contributed by atoms with Gasteiger partial charge in [0.05, 0.1) is 5.92 Å². The van der Waals surface area contributed by atoms with Crippen molar-refractivity contribution in [3.8, 4) is 11.5 Å². The summed E-state index contributed by atoms with van der Waals surface area (Å²) in [6.07, 6.45) is 4.17. The van der Waals surface area contributed by atoms with Gasteiger partial charge in [-0.1, -0.05) is 50.6 Å². The zero-order chi connectivity index (χ0) is 20.3. The van der Waals surface area contributed by atoms with Crippen LogP contribution in [0, 0.1) is 23.2 Å². The average Bonchev–Trinajstić information content (AvgIpc) is 3.23. The molecule has 0 spiro atoms. The number of hydrogen-bond acceptors (Lipinski definition) is 4. The summed E-state index contributed by atoms with van der Waals surface area (Å²) in [6, 6.07) is 17.4. The summed E-state index contributed by atoms with van der Waals surface area (Å²) in [6.45, 7) is 4.68. The van der Waals surface area contributed by atoms with Gasteiger partial charge in [0, 0.05) is 0 Å². The Kier molecular flexibility index (Phi) is 6.19. The van der Waals surface area contributed by atoms with E-state index in [1.165, 1.54) is 25.0 Å². The second kappa shape index (κ2) is 8.83. The van der Waals surface area contributed by atoms with Crippen molar-refractivity contribution in [1.29, 1.82) is 0 Å². The Morgan fingerprint density at radius 3 is 2.52 bits per heavy atom. The van der Waals surface area contributed by atoms with Gasteiger partial charge in [0.25, 0.3) is 0 Å². The fourth-order valence-electron chi connectivity index (χ4n) is 4.11. The molecule has 2 aliphatic rings. The standard InChI is InChI=1S/C25H30O3S/c1-25(2)22(17-29-16-18-8-6-9-18)23(25)24(26)27-15-19-10-7-13-21(14-19)28-20-11-4-3-5-12-20/h3-5,7,10-14,18,22-23H,6,8-9,15-17H2,1-2H3/t22-,23+/m1/s1. The predicted molar refractivity (Wildman–Crippen MR) is 118 cm³/mol. The van der Waals surface area contributed by atoms with Crippen LogP contribution >= 0.6 is 11.8 Å². The Hall–Kier alpha value is -1.94. The van der Waals surface area contributed by atoms with Crippen molar-refractivity contribution in [3.05, 3.63) is 60.2 Å². The van der Waals surface area contributed by atoms with Crippen LogP contribution in [0.5, 0.6) is 11.5 Å². The Morgan fingerprint density at radius 2 is 1.79 bits per heavy atom. The highest BCUT2D eigenvalue weighted by Crippen LogP contribution is 2.60. The number of thioether (sulfide) groups is 1. The van der Waals surface area contributed by atoms with E-state index in [2.05, 4.69) is 13.8 Å². The molecular formula is C25H30O3S. The zero-order valence-corrected chi connectivity index (χ0v) is 18.1. The third-order valence-electron chi connectivity index (χ3n) is 6.44. The van der Waals surface area contributed by atoms with E-state index in [9.17, 15) is 4.79 Å². The summed E-state index contributed by atoms with van der Waals surface area (Å²) in [5, 5.41) is 0. The minimum absolute atomic E-state index is 0.0279. The lowest BCUT2D eigenvalue weighted by atomic mass is 9.87. The molecule has 0 aliphatic heterocycles. The Labute approximate surface area is 178 Å². The fraction of sp³-hybridized carbons (Fsp3) is 0.480. The maximum Gasteiger partial charge on any atom is 0.310 e. The van der Waals surface area contributed by atoms with Gasteiger partial charge in [-0.3, -0.25) is 4.79 Å². The van der Waals surface area contributed by atoms with E-state index in [4.69, 9.17) is 9.47 Å². The Morgan fingerprint density at radius 1 is 1.03 bits per heavy atom. The minimum atomic E-state index is -0.0568. The third kappa shape index (κ3) is 4.98. The topological polar surface area (TPSA) is 35.5 Å². The van der Waals surface area contributed by atoms with Gasteiger partial charge in [0.1, 0.15) is 18.1 Å². The number of ether oxygens (including phenoxy) is 2. The Balaban J connectivity index is 1.26. The van der Waals surface area contributed by atoms with Gasteiger partial charge >= 0.3 is 5.97 Å². The van der Waals surface area contributed by atoms with Crippen molar-refractivity contribution in [2.24, 2.45) is 23.2 Å². The molecule has 2 fully saturated rings. The molecule has 0 bridgehead atoms. The van der Waals surface area contributed by atoms with Gasteiger partial charge in [-0.15, -0.1) is 0 Å². The molecule has 2 aliphatic carbocycles. The largest absolute Gasteiger partial charge is 0.461 e. The van der Waals surface area contributed by atoms with Crippen molar-refractivity contribution in [1.82, 2.24) is 0 Å². The van der Waals surface area contributed by atoms with Crippen LogP contribution in [0.2, 0.25) is 0 Å². The monoisotopic (exact) mass is 410 g/mol. The van der Waals surface area contributed by atoms with E-state index in [-0.39, 0.29) is 17.3 Å². The van der Waals surface area contributed by atoms with E-state index in [1.54, 1.807) is 0 Å². The molecule has 2 aromatic carbocycles. The summed E-state index contributed by atoms with van der Waals surface area (Å²) < 4.78 is 11.5. The van der Waals surface area contributed by atoms with E-state index in [0.717, 1.165) is 28.7 Å². The number of rotatable bonds is 9. The molecule has 3 nitrogen and oxygen atoms in total. The van der Waals surface area contributed by atoms with Crippen LogP contribution in [0.4, 0.5) is 0 Å². The number of para-hydroxylation sites is 1. The number of benzene rings is 2. The first-order valence-electron chi connectivity index (χ1n) is 10.6. The van der Waals surface area contributed by atoms with Crippen LogP contribution in [-0.4, -0.2) is 17.5 Å². The van der Waals surface area contributed by atoms with Crippen molar-refractivity contribution in [3.63, 3.8) is 0 Å². The highest BCUT2D eigenvalue weighted by atomic mass is 32.2. The molecule has 0 amide bonds. The summed E-state index contributed by atoms with van der Waals surface area (Å²) in [5.74, 6) is 5.20. The summed E-state index contributed by atoms with van der Waals surface area (Å²) in [4.78, 5) is 12.7. The molecule has 2 aromatic rings. The lowest BCUT2D eigenvalue weighted by molar-refractivity contribution is -0.147. The third-order valence-corrected chi connectivity index (χ3v) is 7.74. The van der Waals surface area contributed by atoms with Gasteiger partial charge in [0.2, 0.25) is 0 Å². The van der Waals surface area contributed by atoms with Crippen molar-refractivity contribution in [2.75, 3.05) is 11.5 Å². The smallest absolute Gasteiger partial charge is 0.310 e. The van der Waals surface area contributed by atoms with E-state index >= 15 is 0 Å². The molecular weight excluding hydrogens is 380 g/mol. The van der Waals surface area contributed by atoms with Crippen molar-refractivity contribution < 1.29 is 14.3 Å². The van der Waals surface area contributed by atoms with E-state index in [1.807, 2.05) is 66.4 Å².